The zero-order chi connectivity index (χ0) is 14.0. The van der Waals surface area contributed by atoms with Crippen molar-refractivity contribution < 1.29 is 0 Å². The smallest absolute Gasteiger partial charge is 0.266 e. The quantitative estimate of drug-likeness (QED) is 0.396. The van der Waals surface area contributed by atoms with E-state index >= 15 is 0 Å². The van der Waals surface area contributed by atoms with Gasteiger partial charge in [-0.15, -0.1) is 22.7 Å². The summed E-state index contributed by atoms with van der Waals surface area (Å²) in [6.07, 6.45) is 0. The van der Waals surface area contributed by atoms with E-state index < -0.39 is 0 Å². The predicted octanol–water partition coefficient (Wildman–Crippen LogP) is 5.11. The van der Waals surface area contributed by atoms with Crippen molar-refractivity contribution in [1.29, 1.82) is 0 Å². The fourth-order valence-corrected chi connectivity index (χ4v) is 5.30. The maximum absolute atomic E-state index is 12.5. The van der Waals surface area contributed by atoms with Gasteiger partial charge < -0.3 is 4.98 Å². The summed E-state index contributed by atoms with van der Waals surface area (Å²) >= 11 is 3.29. The Labute approximate surface area is 127 Å². The van der Waals surface area contributed by atoms with E-state index in [0.29, 0.717) is 0 Å². The van der Waals surface area contributed by atoms with Gasteiger partial charge in [0.05, 0.1) is 10.2 Å². The average molecular weight is 307 g/mol. The van der Waals surface area contributed by atoms with Gasteiger partial charge in [0, 0.05) is 20.9 Å². The maximum atomic E-state index is 12.5. The molecule has 0 atom stereocenters. The van der Waals surface area contributed by atoms with Gasteiger partial charge in [0.15, 0.2) is 0 Å². The van der Waals surface area contributed by atoms with Crippen molar-refractivity contribution in [2.75, 3.05) is 0 Å². The lowest BCUT2D eigenvalue weighted by atomic mass is 10.0. The van der Waals surface area contributed by atoms with Crippen LogP contribution in [0.5, 0.6) is 0 Å². The van der Waals surface area contributed by atoms with Crippen molar-refractivity contribution in [3.8, 4) is 0 Å². The van der Waals surface area contributed by atoms with Gasteiger partial charge in [0.25, 0.3) is 5.56 Å². The molecule has 1 N–H and O–H groups in total. The van der Waals surface area contributed by atoms with Gasteiger partial charge in [-0.1, -0.05) is 36.4 Å². The first kappa shape index (κ1) is 11.5. The van der Waals surface area contributed by atoms with Crippen LogP contribution in [0.4, 0.5) is 0 Å². The van der Waals surface area contributed by atoms with E-state index in [1.54, 1.807) is 22.7 Å². The fourth-order valence-electron chi connectivity index (χ4n) is 3.01. The molecule has 0 saturated heterocycles. The number of nitrogens with one attached hydrogen (secondary N) is 1. The average Bonchev–Trinajstić information content (AvgIpc) is 3.08. The first-order valence-electron chi connectivity index (χ1n) is 6.66. The van der Waals surface area contributed by atoms with E-state index in [1.807, 2.05) is 12.1 Å². The molecule has 0 aliphatic carbocycles. The van der Waals surface area contributed by atoms with Crippen LogP contribution in [-0.2, 0) is 0 Å². The molecule has 0 fully saturated rings. The molecule has 0 radical (unpaired) electrons. The summed E-state index contributed by atoms with van der Waals surface area (Å²) in [6, 6.07) is 14.5. The standard InChI is InChI=1S/C17H9NOS2/c19-17-16-13(15-12(21-16)7-8-20-15)11-6-5-9-3-1-2-4-10(9)14(11)18-17/h1-8H,(H,18,19). The van der Waals surface area contributed by atoms with E-state index in [9.17, 15) is 4.79 Å². The Morgan fingerprint density at radius 3 is 2.76 bits per heavy atom. The van der Waals surface area contributed by atoms with Gasteiger partial charge in [0.2, 0.25) is 0 Å². The lowest BCUT2D eigenvalue weighted by Crippen LogP contribution is -2.04. The molecule has 0 aliphatic heterocycles. The molecular formula is C17H9NOS2. The van der Waals surface area contributed by atoms with Crippen LogP contribution in [-0.4, -0.2) is 4.98 Å². The van der Waals surface area contributed by atoms with Crippen LogP contribution >= 0.6 is 22.7 Å². The van der Waals surface area contributed by atoms with Gasteiger partial charge in [-0.05, 0) is 16.8 Å². The summed E-state index contributed by atoms with van der Waals surface area (Å²) in [5.41, 5.74) is 0.959. The Morgan fingerprint density at radius 2 is 1.81 bits per heavy atom. The molecule has 0 unspecified atom stereocenters. The number of benzene rings is 2. The first-order valence-corrected chi connectivity index (χ1v) is 8.36. The van der Waals surface area contributed by atoms with E-state index in [0.717, 1.165) is 31.8 Å². The minimum atomic E-state index is 0.0160. The number of fused-ring (bicyclic) bond motifs is 7. The number of aromatic amines is 1. The van der Waals surface area contributed by atoms with E-state index in [-0.39, 0.29) is 5.56 Å². The normalized spacial score (nSPS) is 12.0. The van der Waals surface area contributed by atoms with Crippen molar-refractivity contribution in [2.45, 2.75) is 0 Å². The summed E-state index contributed by atoms with van der Waals surface area (Å²) in [7, 11) is 0. The highest BCUT2D eigenvalue weighted by Gasteiger charge is 2.14. The van der Waals surface area contributed by atoms with Gasteiger partial charge in [-0.2, -0.15) is 0 Å². The van der Waals surface area contributed by atoms with E-state index in [4.69, 9.17) is 0 Å². The second-order valence-corrected chi connectivity index (χ2v) is 7.05. The molecule has 3 heterocycles. The highest BCUT2D eigenvalue weighted by molar-refractivity contribution is 7.32. The van der Waals surface area contributed by atoms with E-state index in [1.165, 1.54) is 9.40 Å². The zero-order valence-electron chi connectivity index (χ0n) is 10.8. The largest absolute Gasteiger partial charge is 0.320 e. The summed E-state index contributed by atoms with van der Waals surface area (Å²) in [5.74, 6) is 0. The lowest BCUT2D eigenvalue weighted by Gasteiger charge is -2.04. The molecule has 0 aliphatic rings. The minimum Gasteiger partial charge on any atom is -0.320 e. The van der Waals surface area contributed by atoms with Gasteiger partial charge in [-0.25, -0.2) is 0 Å². The maximum Gasteiger partial charge on any atom is 0.266 e. The van der Waals surface area contributed by atoms with Crippen molar-refractivity contribution in [1.82, 2.24) is 4.98 Å². The van der Waals surface area contributed by atoms with Crippen molar-refractivity contribution >= 4 is 63.8 Å². The van der Waals surface area contributed by atoms with E-state index in [2.05, 4.69) is 40.7 Å². The third-order valence-corrected chi connectivity index (χ3v) is 6.15. The molecular weight excluding hydrogens is 298 g/mol. The second kappa shape index (κ2) is 3.93. The van der Waals surface area contributed by atoms with Crippen LogP contribution in [0.2, 0.25) is 0 Å². The third kappa shape index (κ3) is 1.43. The number of H-pyrrole nitrogens is 1. The number of aromatic nitrogens is 1. The highest BCUT2D eigenvalue weighted by atomic mass is 32.1. The van der Waals surface area contributed by atoms with Crippen LogP contribution in [0.1, 0.15) is 0 Å². The molecule has 0 amide bonds. The molecule has 0 bridgehead atoms. The molecule has 2 aromatic carbocycles. The van der Waals surface area contributed by atoms with Crippen molar-refractivity contribution in [2.24, 2.45) is 0 Å². The lowest BCUT2D eigenvalue weighted by molar-refractivity contribution is 1.37. The first-order chi connectivity index (χ1) is 10.3. The Balaban J connectivity index is 2.19. The topological polar surface area (TPSA) is 32.9 Å². The van der Waals surface area contributed by atoms with Crippen LogP contribution in [0, 0.1) is 0 Å². The Bertz CT molecular complexity index is 1210. The highest BCUT2D eigenvalue weighted by Crippen LogP contribution is 2.40. The molecule has 3 aromatic heterocycles. The number of hydrogen-bond donors (Lipinski definition) is 1. The summed E-state index contributed by atoms with van der Waals surface area (Å²) in [4.78, 5) is 15.5. The molecule has 2 nitrogen and oxygen atoms in total. The predicted molar refractivity (Wildman–Crippen MR) is 92.8 cm³/mol. The molecule has 0 spiro atoms. The van der Waals surface area contributed by atoms with Crippen LogP contribution in [0.3, 0.4) is 0 Å². The van der Waals surface area contributed by atoms with Crippen molar-refractivity contribution in [3.05, 3.63) is 58.2 Å². The molecule has 5 aromatic rings. The van der Waals surface area contributed by atoms with Gasteiger partial charge in [-0.3, -0.25) is 4.79 Å². The summed E-state index contributed by atoms with van der Waals surface area (Å²) in [5, 5.41) is 6.59. The van der Waals surface area contributed by atoms with Crippen molar-refractivity contribution in [3.63, 3.8) is 0 Å². The summed E-state index contributed by atoms with van der Waals surface area (Å²) < 4.78 is 3.25. The number of hydrogen-bond acceptors (Lipinski definition) is 3. The Hall–Kier alpha value is -2.17. The molecule has 100 valence electrons. The number of pyridine rings is 1. The number of rotatable bonds is 0. The minimum absolute atomic E-state index is 0.0160. The monoisotopic (exact) mass is 307 g/mol. The van der Waals surface area contributed by atoms with Crippen LogP contribution in [0.15, 0.2) is 52.6 Å². The molecule has 0 saturated carbocycles. The third-order valence-electron chi connectivity index (χ3n) is 3.94. The SMILES string of the molecule is O=c1[nH]c2c3ccccc3ccc2c2c1sc1ccsc12. The second-order valence-electron chi connectivity index (χ2n) is 5.08. The van der Waals surface area contributed by atoms with Crippen LogP contribution in [0.25, 0.3) is 41.2 Å². The molecule has 5 rings (SSSR count). The fraction of sp³-hybridized carbons (Fsp3) is 0. The molecule has 4 heteroatoms. The Morgan fingerprint density at radius 1 is 0.905 bits per heavy atom. The van der Waals surface area contributed by atoms with Gasteiger partial charge >= 0.3 is 0 Å². The summed E-state index contributed by atoms with van der Waals surface area (Å²) in [6.45, 7) is 0. The number of thiophene rings is 2. The zero-order valence-corrected chi connectivity index (χ0v) is 12.5. The van der Waals surface area contributed by atoms with Crippen LogP contribution < -0.4 is 5.56 Å². The molecule has 21 heavy (non-hydrogen) atoms. The Kier molecular flexibility index (Phi) is 2.15. The van der Waals surface area contributed by atoms with Gasteiger partial charge in [0.1, 0.15) is 4.70 Å².